The first kappa shape index (κ1) is 36.7. The van der Waals surface area contributed by atoms with Crippen molar-refractivity contribution < 1.29 is 4.74 Å². The lowest BCUT2D eigenvalue weighted by molar-refractivity contribution is 0.00792. The number of hydrogen-bond acceptors (Lipinski definition) is 4. The average molecular weight is 801 g/mol. The first-order valence-corrected chi connectivity index (χ1v) is 23.3. The third kappa shape index (κ3) is 4.93. The smallest absolute Gasteiger partial charge is 0.264 e. The summed E-state index contributed by atoms with van der Waals surface area (Å²) in [5.41, 5.74) is 18.0. The van der Waals surface area contributed by atoms with Gasteiger partial charge in [-0.1, -0.05) is 124 Å². The molecule has 6 aliphatic rings. The SMILES string of the molecule is Cc1cc2c3c(c1)N(c1ccc(-c4ccccc4)cc1)c1ccc4c(c1B3C1=C(N2c2ccc(-c3ccccc3)cc2)C2(C)CCCCC2(C)S1)OC1(C)CCCCC41C. The lowest BCUT2D eigenvalue weighted by Gasteiger charge is -2.50. The maximum absolute atomic E-state index is 7.61. The summed E-state index contributed by atoms with van der Waals surface area (Å²) in [5, 5.41) is 0. The van der Waals surface area contributed by atoms with Crippen LogP contribution in [0.4, 0.5) is 28.4 Å². The van der Waals surface area contributed by atoms with Gasteiger partial charge in [-0.25, -0.2) is 0 Å². The number of thioether (sulfide) groups is 1. The van der Waals surface area contributed by atoms with Crippen LogP contribution >= 0.6 is 11.8 Å². The van der Waals surface area contributed by atoms with E-state index < -0.39 is 0 Å². The van der Waals surface area contributed by atoms with Crippen LogP contribution in [-0.4, -0.2) is 17.1 Å². The highest BCUT2D eigenvalue weighted by Crippen LogP contribution is 2.68. The Morgan fingerprint density at radius 1 is 0.533 bits per heavy atom. The summed E-state index contributed by atoms with van der Waals surface area (Å²) >= 11 is 2.21. The largest absolute Gasteiger partial charge is 0.487 e. The highest BCUT2D eigenvalue weighted by atomic mass is 32.2. The number of nitrogens with zero attached hydrogens (tertiary/aromatic N) is 2. The van der Waals surface area contributed by atoms with Gasteiger partial charge >= 0.3 is 0 Å². The second kappa shape index (κ2) is 12.9. The molecule has 2 fully saturated rings. The number of aryl methyl sites for hydroxylation is 1. The van der Waals surface area contributed by atoms with E-state index in [1.165, 1.54) is 122 Å². The summed E-state index contributed by atoms with van der Waals surface area (Å²) in [7, 11) is 0. The number of anilines is 5. The summed E-state index contributed by atoms with van der Waals surface area (Å²) < 4.78 is 7.70. The third-order valence-corrected chi connectivity index (χ3v) is 18.0. The Bertz CT molecular complexity index is 2750. The number of benzene rings is 6. The quantitative estimate of drug-likeness (QED) is 0.165. The Morgan fingerprint density at radius 2 is 1.07 bits per heavy atom. The zero-order valence-corrected chi connectivity index (χ0v) is 36.5. The molecule has 298 valence electrons. The molecule has 3 nitrogen and oxygen atoms in total. The monoisotopic (exact) mass is 800 g/mol. The standard InChI is InChI=1S/C55H53BN2OS/c1-36-34-45-47-46(35-36)58(42-26-22-40(23-27-42)38-18-10-7-11-19-38)50-51(60-55(5)33-15-13-31-53(50,55)3)56(47)48-44(29-28-43-49(48)59-54(4)32-14-12-30-52(43,54)2)57(45)41-24-20-39(21-25-41)37-16-8-6-9-17-37/h6-11,16-29,34-35H,12-15,30-33H2,1-5H3. The summed E-state index contributed by atoms with van der Waals surface area (Å²) in [6.45, 7) is 12.5. The van der Waals surface area contributed by atoms with Gasteiger partial charge in [-0.15, -0.1) is 11.8 Å². The highest BCUT2D eigenvalue weighted by Gasteiger charge is 2.63. The molecular formula is C55H53BN2OS. The van der Waals surface area contributed by atoms with Crippen LogP contribution in [0.25, 0.3) is 22.3 Å². The number of rotatable bonds is 4. The van der Waals surface area contributed by atoms with E-state index in [0.717, 1.165) is 18.6 Å². The van der Waals surface area contributed by atoms with Crippen molar-refractivity contribution in [2.24, 2.45) is 5.41 Å². The summed E-state index contributed by atoms with van der Waals surface area (Å²) in [6.07, 6.45) is 9.70. The number of hydrogen-bond donors (Lipinski definition) is 0. The molecule has 2 aliphatic carbocycles. The Balaban J connectivity index is 1.14. The van der Waals surface area contributed by atoms with Gasteiger partial charge in [-0.05, 0) is 139 Å². The second-order valence-electron chi connectivity index (χ2n) is 19.5. The molecule has 6 aromatic carbocycles. The van der Waals surface area contributed by atoms with Crippen LogP contribution in [0.15, 0.2) is 144 Å². The van der Waals surface area contributed by atoms with Gasteiger partial charge in [0.15, 0.2) is 0 Å². The molecule has 0 N–H and O–H groups in total. The third-order valence-electron chi connectivity index (χ3n) is 16.2. The fourth-order valence-electron chi connectivity index (χ4n) is 12.5. The molecule has 6 aromatic rings. The number of allylic oxidation sites excluding steroid dienone is 1. The fraction of sp³-hybridized carbons (Fsp3) is 0.309. The molecule has 0 amide bonds. The normalized spacial score (nSPS) is 27.1. The van der Waals surface area contributed by atoms with Crippen LogP contribution in [-0.2, 0) is 5.41 Å². The molecular weight excluding hydrogens is 747 g/mol. The molecule has 4 aliphatic heterocycles. The number of ether oxygens (including phenoxy) is 1. The van der Waals surface area contributed by atoms with Gasteiger partial charge in [0.1, 0.15) is 11.4 Å². The molecule has 60 heavy (non-hydrogen) atoms. The lowest BCUT2D eigenvalue weighted by atomic mass is 9.35. The summed E-state index contributed by atoms with van der Waals surface area (Å²) in [5.74, 6) is 1.16. The van der Waals surface area contributed by atoms with Crippen molar-refractivity contribution in [2.45, 2.75) is 102 Å². The Kier molecular flexibility index (Phi) is 7.92. The van der Waals surface area contributed by atoms with Crippen LogP contribution in [0.2, 0.25) is 0 Å². The van der Waals surface area contributed by atoms with Crippen LogP contribution in [0.1, 0.15) is 90.2 Å². The molecule has 5 heteroatoms. The van der Waals surface area contributed by atoms with Crippen molar-refractivity contribution >= 4 is 57.8 Å². The molecule has 2 saturated carbocycles. The molecule has 4 unspecified atom stereocenters. The summed E-state index contributed by atoms with van der Waals surface area (Å²) in [4.78, 5) is 6.85. The minimum Gasteiger partial charge on any atom is -0.487 e. The topological polar surface area (TPSA) is 15.7 Å². The van der Waals surface area contributed by atoms with Gasteiger partial charge in [-0.2, -0.15) is 0 Å². The summed E-state index contributed by atoms with van der Waals surface area (Å²) in [6, 6.07) is 50.2. The first-order chi connectivity index (χ1) is 29.1. The zero-order chi connectivity index (χ0) is 40.6. The van der Waals surface area contributed by atoms with E-state index in [-0.39, 0.29) is 27.9 Å². The predicted molar refractivity (Wildman–Crippen MR) is 255 cm³/mol. The zero-order valence-electron chi connectivity index (χ0n) is 35.6. The van der Waals surface area contributed by atoms with Gasteiger partial charge < -0.3 is 14.5 Å². The van der Waals surface area contributed by atoms with Crippen LogP contribution in [0, 0.1) is 12.3 Å². The van der Waals surface area contributed by atoms with Crippen molar-refractivity contribution in [1.29, 1.82) is 0 Å². The predicted octanol–water partition coefficient (Wildman–Crippen LogP) is 13.7. The average Bonchev–Trinajstić information content (AvgIpc) is 3.67. The van der Waals surface area contributed by atoms with E-state index in [1.807, 2.05) is 0 Å². The van der Waals surface area contributed by atoms with Crippen LogP contribution in [0.3, 0.4) is 0 Å². The molecule has 0 radical (unpaired) electrons. The lowest BCUT2D eigenvalue weighted by Crippen LogP contribution is -2.56. The molecule has 0 saturated heterocycles. The van der Waals surface area contributed by atoms with E-state index in [9.17, 15) is 0 Å². The minimum absolute atomic E-state index is 0.000272. The molecule has 12 rings (SSSR count). The Labute approximate surface area is 361 Å². The van der Waals surface area contributed by atoms with Crippen molar-refractivity contribution in [1.82, 2.24) is 0 Å². The maximum Gasteiger partial charge on any atom is 0.264 e. The van der Waals surface area contributed by atoms with E-state index in [4.69, 9.17) is 4.74 Å². The van der Waals surface area contributed by atoms with Crippen molar-refractivity contribution in [3.05, 3.63) is 155 Å². The van der Waals surface area contributed by atoms with E-state index in [1.54, 1.807) is 0 Å². The molecule has 0 aromatic heterocycles. The fourth-order valence-corrected chi connectivity index (χ4v) is 14.4. The number of fused-ring (bicyclic) bond motifs is 9. The van der Waals surface area contributed by atoms with E-state index in [0.29, 0.717) is 0 Å². The van der Waals surface area contributed by atoms with Crippen LogP contribution in [0.5, 0.6) is 5.75 Å². The Hall–Kier alpha value is -5.13. The van der Waals surface area contributed by atoms with Crippen molar-refractivity contribution in [3.8, 4) is 28.0 Å². The molecule has 0 bridgehead atoms. The van der Waals surface area contributed by atoms with Gasteiger partial charge in [0.2, 0.25) is 0 Å². The maximum atomic E-state index is 7.61. The first-order valence-electron chi connectivity index (χ1n) is 22.5. The highest BCUT2D eigenvalue weighted by molar-refractivity contribution is 8.06. The van der Waals surface area contributed by atoms with Crippen molar-refractivity contribution in [3.63, 3.8) is 0 Å². The second-order valence-corrected chi connectivity index (χ2v) is 21.0. The molecule has 4 heterocycles. The minimum atomic E-state index is -0.228. The van der Waals surface area contributed by atoms with E-state index >= 15 is 0 Å². The van der Waals surface area contributed by atoms with Gasteiger partial charge in [0, 0.05) is 55.3 Å². The molecule has 0 spiro atoms. The Morgan fingerprint density at radius 3 is 1.70 bits per heavy atom. The van der Waals surface area contributed by atoms with Gasteiger partial charge in [0.05, 0.1) is 0 Å². The van der Waals surface area contributed by atoms with Gasteiger partial charge in [0.25, 0.3) is 6.71 Å². The van der Waals surface area contributed by atoms with E-state index in [2.05, 4.69) is 190 Å². The molecule has 4 atom stereocenters. The van der Waals surface area contributed by atoms with Crippen molar-refractivity contribution in [2.75, 3.05) is 9.80 Å². The van der Waals surface area contributed by atoms with Gasteiger partial charge in [-0.3, -0.25) is 0 Å². The van der Waals surface area contributed by atoms with Crippen LogP contribution < -0.4 is 25.5 Å².